The van der Waals surface area contributed by atoms with Crippen LogP contribution in [0.1, 0.15) is 51.2 Å². The van der Waals surface area contributed by atoms with Gasteiger partial charge in [-0.1, -0.05) is 50.2 Å². The maximum absolute atomic E-state index is 13.0. The molecule has 0 N–H and O–H groups in total. The van der Waals surface area contributed by atoms with E-state index in [2.05, 4.69) is 56.1 Å². The third kappa shape index (κ3) is 6.12. The Balaban J connectivity index is 1.83. The highest BCUT2D eigenvalue weighted by Gasteiger charge is 2.42. The van der Waals surface area contributed by atoms with Gasteiger partial charge in [-0.15, -0.1) is 0 Å². The molecule has 1 aliphatic heterocycles. The molecule has 1 aliphatic rings. The zero-order valence-electron chi connectivity index (χ0n) is 21.8. The zero-order chi connectivity index (χ0) is 24.7. The lowest BCUT2D eigenvalue weighted by molar-refractivity contribution is -0.132. The first-order valence-electron chi connectivity index (χ1n) is 12.5. The van der Waals surface area contributed by atoms with Gasteiger partial charge < -0.3 is 19.3 Å². The average Bonchev–Trinajstić information content (AvgIpc) is 2.85. The number of rotatable bonds is 10. The molecule has 5 nitrogen and oxygen atoms in total. The molecule has 1 saturated heterocycles. The summed E-state index contributed by atoms with van der Waals surface area (Å²) >= 11 is 0. The van der Waals surface area contributed by atoms with Crippen molar-refractivity contribution in [3.63, 3.8) is 0 Å². The summed E-state index contributed by atoms with van der Waals surface area (Å²) in [4.78, 5) is 17.5. The first kappa shape index (κ1) is 26.1. The lowest BCUT2D eigenvalue weighted by atomic mass is 9.63. The lowest BCUT2D eigenvalue weighted by Gasteiger charge is -2.50. The van der Waals surface area contributed by atoms with Gasteiger partial charge in [0.05, 0.1) is 14.2 Å². The number of carbonyl (C=O) groups is 1. The second-order valence-electron chi connectivity index (χ2n) is 10.0. The van der Waals surface area contributed by atoms with Crippen LogP contribution < -0.4 is 9.47 Å². The summed E-state index contributed by atoms with van der Waals surface area (Å²) in [5, 5.41) is 0. The van der Waals surface area contributed by atoms with E-state index in [1.807, 2.05) is 30.0 Å². The predicted molar refractivity (Wildman–Crippen MR) is 138 cm³/mol. The standard InChI is InChI=1S/C29H42N2O3/c1-7-28(32)31(21-25-13-14-26(33-5)27(17-25)34-6)16-15-29(19-24-11-9-8-10-12-24)18-23(3)30(4)20-22(29)2/h8-14,17,22-23H,7,15-16,18-21H2,1-6H3. The van der Waals surface area contributed by atoms with Crippen molar-refractivity contribution in [3.8, 4) is 11.5 Å². The highest BCUT2D eigenvalue weighted by molar-refractivity contribution is 5.75. The number of hydrogen-bond acceptors (Lipinski definition) is 4. The van der Waals surface area contributed by atoms with Crippen LogP contribution in [0.25, 0.3) is 0 Å². The molecule has 0 aliphatic carbocycles. The van der Waals surface area contributed by atoms with Gasteiger partial charge in [-0.05, 0) is 67.8 Å². The van der Waals surface area contributed by atoms with E-state index in [1.165, 1.54) is 5.56 Å². The van der Waals surface area contributed by atoms with Crippen molar-refractivity contribution in [2.24, 2.45) is 11.3 Å². The molecule has 0 bridgehead atoms. The van der Waals surface area contributed by atoms with Crippen molar-refractivity contribution in [1.29, 1.82) is 0 Å². The maximum atomic E-state index is 13.0. The second-order valence-corrected chi connectivity index (χ2v) is 10.0. The van der Waals surface area contributed by atoms with Gasteiger partial charge in [0.2, 0.25) is 5.91 Å². The molecule has 1 fully saturated rings. The van der Waals surface area contributed by atoms with Gasteiger partial charge in [0.25, 0.3) is 0 Å². The molecule has 186 valence electrons. The smallest absolute Gasteiger partial charge is 0.222 e. The van der Waals surface area contributed by atoms with Gasteiger partial charge in [-0.25, -0.2) is 0 Å². The Labute approximate surface area is 206 Å². The van der Waals surface area contributed by atoms with Crippen LogP contribution >= 0.6 is 0 Å². The van der Waals surface area contributed by atoms with Crippen molar-refractivity contribution in [1.82, 2.24) is 9.80 Å². The molecule has 3 rings (SSSR count). The van der Waals surface area contributed by atoms with Crippen LogP contribution in [0, 0.1) is 11.3 Å². The summed E-state index contributed by atoms with van der Waals surface area (Å²) in [5.74, 6) is 2.14. The monoisotopic (exact) mass is 466 g/mol. The van der Waals surface area contributed by atoms with Gasteiger partial charge in [0.15, 0.2) is 11.5 Å². The number of benzene rings is 2. The number of carbonyl (C=O) groups excluding carboxylic acids is 1. The Kier molecular flexibility index (Phi) is 9.01. The first-order valence-corrected chi connectivity index (χ1v) is 12.5. The summed E-state index contributed by atoms with van der Waals surface area (Å²) in [6.45, 7) is 9.11. The van der Waals surface area contributed by atoms with E-state index in [-0.39, 0.29) is 11.3 Å². The summed E-state index contributed by atoms with van der Waals surface area (Å²) in [7, 11) is 5.52. The molecule has 1 amide bonds. The van der Waals surface area contributed by atoms with E-state index >= 15 is 0 Å². The number of piperidine rings is 1. The normalized spacial score (nSPS) is 22.9. The first-order chi connectivity index (χ1) is 16.3. The molecule has 2 aromatic carbocycles. The van der Waals surface area contributed by atoms with Crippen molar-refractivity contribution in [2.45, 2.75) is 59.0 Å². The Bertz CT molecular complexity index is 932. The molecule has 0 saturated carbocycles. The highest BCUT2D eigenvalue weighted by atomic mass is 16.5. The second kappa shape index (κ2) is 11.7. The van der Waals surface area contributed by atoms with Gasteiger partial charge in [-0.2, -0.15) is 0 Å². The van der Waals surface area contributed by atoms with Crippen LogP contribution in [0.5, 0.6) is 11.5 Å². The third-order valence-corrected chi connectivity index (χ3v) is 7.82. The molecular formula is C29H42N2O3. The Morgan fingerprint density at radius 3 is 2.41 bits per heavy atom. The van der Waals surface area contributed by atoms with Crippen molar-refractivity contribution >= 4 is 5.91 Å². The number of nitrogens with zero attached hydrogens (tertiary/aromatic N) is 2. The van der Waals surface area contributed by atoms with Crippen LogP contribution in [-0.4, -0.2) is 56.1 Å². The number of methoxy groups -OCH3 is 2. The fourth-order valence-electron chi connectivity index (χ4n) is 5.51. The summed E-state index contributed by atoms with van der Waals surface area (Å²) < 4.78 is 10.9. The molecule has 0 radical (unpaired) electrons. The average molecular weight is 467 g/mol. The zero-order valence-corrected chi connectivity index (χ0v) is 21.8. The topological polar surface area (TPSA) is 42.0 Å². The minimum absolute atomic E-state index is 0.164. The van der Waals surface area contributed by atoms with E-state index in [1.54, 1.807) is 14.2 Å². The molecule has 34 heavy (non-hydrogen) atoms. The number of amides is 1. The number of hydrogen-bond donors (Lipinski definition) is 0. The van der Waals surface area contributed by atoms with Crippen LogP contribution in [-0.2, 0) is 17.8 Å². The summed E-state index contributed by atoms with van der Waals surface area (Å²) in [6.07, 6.45) is 3.70. The van der Waals surface area contributed by atoms with Crippen LogP contribution in [0.4, 0.5) is 0 Å². The summed E-state index contributed by atoms with van der Waals surface area (Å²) in [6, 6.07) is 17.3. The Morgan fingerprint density at radius 1 is 1.06 bits per heavy atom. The minimum atomic E-state index is 0.164. The quantitative estimate of drug-likeness (QED) is 0.469. The van der Waals surface area contributed by atoms with Gasteiger partial charge in [-0.3, -0.25) is 4.79 Å². The fraction of sp³-hybridized carbons (Fsp3) is 0.552. The van der Waals surface area contributed by atoms with Gasteiger partial charge in [0.1, 0.15) is 0 Å². The largest absolute Gasteiger partial charge is 0.493 e. The molecule has 1 heterocycles. The molecule has 0 aromatic heterocycles. The maximum Gasteiger partial charge on any atom is 0.222 e. The molecule has 2 aromatic rings. The lowest BCUT2D eigenvalue weighted by Crippen LogP contribution is -2.51. The minimum Gasteiger partial charge on any atom is -0.493 e. The SMILES string of the molecule is CCC(=O)N(CCC1(Cc2ccccc2)CC(C)N(C)CC1C)Cc1ccc(OC)c(OC)c1. The number of ether oxygens (including phenoxy) is 2. The third-order valence-electron chi connectivity index (χ3n) is 7.82. The van der Waals surface area contributed by atoms with E-state index in [9.17, 15) is 4.79 Å². The summed E-state index contributed by atoms with van der Waals surface area (Å²) in [5.41, 5.74) is 2.61. The molecule has 5 heteroatoms. The molecular weight excluding hydrogens is 424 g/mol. The molecule has 3 atom stereocenters. The van der Waals surface area contributed by atoms with Crippen LogP contribution in [0.3, 0.4) is 0 Å². The van der Waals surface area contributed by atoms with E-state index in [0.29, 0.717) is 36.4 Å². The Morgan fingerprint density at radius 2 is 1.76 bits per heavy atom. The van der Waals surface area contributed by atoms with E-state index < -0.39 is 0 Å². The molecule has 0 spiro atoms. The van der Waals surface area contributed by atoms with Crippen LogP contribution in [0.15, 0.2) is 48.5 Å². The van der Waals surface area contributed by atoms with Crippen molar-refractivity contribution in [2.75, 3.05) is 34.4 Å². The van der Waals surface area contributed by atoms with E-state index in [0.717, 1.165) is 37.9 Å². The van der Waals surface area contributed by atoms with Gasteiger partial charge >= 0.3 is 0 Å². The van der Waals surface area contributed by atoms with Crippen molar-refractivity contribution in [3.05, 3.63) is 59.7 Å². The number of likely N-dealkylation sites (tertiary alicyclic amines) is 1. The van der Waals surface area contributed by atoms with Gasteiger partial charge in [0, 0.05) is 32.1 Å². The van der Waals surface area contributed by atoms with Crippen LogP contribution in [0.2, 0.25) is 0 Å². The van der Waals surface area contributed by atoms with E-state index in [4.69, 9.17) is 9.47 Å². The Hall–Kier alpha value is -2.53. The highest BCUT2D eigenvalue weighted by Crippen LogP contribution is 2.44. The predicted octanol–water partition coefficient (Wildman–Crippen LogP) is 5.42. The molecule has 3 unspecified atom stereocenters. The fourth-order valence-corrected chi connectivity index (χ4v) is 5.51. The van der Waals surface area contributed by atoms with Crippen molar-refractivity contribution < 1.29 is 14.3 Å².